The van der Waals surface area contributed by atoms with E-state index in [9.17, 15) is 13.6 Å². The smallest absolute Gasteiger partial charge is 0.356 e. The maximum Gasteiger partial charge on any atom is 0.356 e. The molecule has 2 N–H and O–H groups in total. The van der Waals surface area contributed by atoms with Crippen LogP contribution in [0.2, 0.25) is 0 Å². The van der Waals surface area contributed by atoms with E-state index in [0.717, 1.165) is 6.07 Å². The highest BCUT2D eigenvalue weighted by Crippen LogP contribution is 2.25. The van der Waals surface area contributed by atoms with Crippen LogP contribution in [0.5, 0.6) is 0 Å². The van der Waals surface area contributed by atoms with Crippen LogP contribution in [0.25, 0.3) is 0 Å². The number of hydrogen-bond donors (Lipinski definition) is 1. The summed E-state index contributed by atoms with van der Waals surface area (Å²) in [4.78, 5) is 15.3. The van der Waals surface area contributed by atoms with E-state index in [2.05, 4.69) is 4.98 Å². The molecule has 0 fully saturated rings. The van der Waals surface area contributed by atoms with Crippen LogP contribution in [0.15, 0.2) is 6.07 Å². The number of aromatic nitrogens is 1. The average molecular weight is 244 g/mol. The van der Waals surface area contributed by atoms with Gasteiger partial charge in [0, 0.05) is 12.1 Å². The predicted molar refractivity (Wildman–Crippen MR) is 57.8 cm³/mol. The first-order valence-electron chi connectivity index (χ1n) is 5.17. The summed E-state index contributed by atoms with van der Waals surface area (Å²) >= 11 is 0. The molecule has 0 aromatic carbocycles. The molecule has 1 rings (SSSR count). The molecule has 0 spiro atoms. The third kappa shape index (κ3) is 2.97. The molecule has 0 aliphatic rings. The second kappa shape index (κ2) is 5.67. The Morgan fingerprint density at radius 3 is 2.71 bits per heavy atom. The van der Waals surface area contributed by atoms with Gasteiger partial charge in [-0.2, -0.15) is 0 Å². The fraction of sp³-hybridized carbons (Fsp3) is 0.455. The molecule has 1 aromatic rings. The monoisotopic (exact) mass is 244 g/mol. The summed E-state index contributed by atoms with van der Waals surface area (Å²) in [7, 11) is 0. The van der Waals surface area contributed by atoms with Gasteiger partial charge in [-0.25, -0.2) is 18.6 Å². The highest BCUT2D eigenvalue weighted by Gasteiger charge is 2.19. The second-order valence-electron chi connectivity index (χ2n) is 3.39. The second-order valence-corrected chi connectivity index (χ2v) is 3.39. The topological polar surface area (TPSA) is 65.2 Å². The minimum absolute atomic E-state index is 0.00119. The molecular formula is C11H14F2N2O2. The van der Waals surface area contributed by atoms with Crippen molar-refractivity contribution in [2.24, 2.45) is 5.73 Å². The normalized spacial score (nSPS) is 10.7. The number of ether oxygens (including phenoxy) is 1. The molecule has 94 valence electrons. The van der Waals surface area contributed by atoms with E-state index < -0.39 is 12.4 Å². The zero-order valence-electron chi connectivity index (χ0n) is 9.67. The van der Waals surface area contributed by atoms with Gasteiger partial charge in [-0.15, -0.1) is 0 Å². The van der Waals surface area contributed by atoms with Gasteiger partial charge in [-0.05, 0) is 25.5 Å². The molecule has 0 saturated carbocycles. The number of nitrogens with zero attached hydrogens (tertiary/aromatic N) is 1. The summed E-state index contributed by atoms with van der Waals surface area (Å²) in [6.45, 7) is 3.30. The van der Waals surface area contributed by atoms with Crippen molar-refractivity contribution in [2.45, 2.75) is 26.8 Å². The molecule has 0 bridgehead atoms. The summed E-state index contributed by atoms with van der Waals surface area (Å²) < 4.78 is 30.2. The first-order valence-corrected chi connectivity index (χ1v) is 5.17. The summed E-state index contributed by atoms with van der Waals surface area (Å²) in [6.07, 6.45) is -2.67. The minimum atomic E-state index is -2.67. The van der Waals surface area contributed by atoms with Crippen LogP contribution in [0.3, 0.4) is 0 Å². The van der Waals surface area contributed by atoms with Crippen LogP contribution in [0, 0.1) is 6.92 Å². The van der Waals surface area contributed by atoms with Gasteiger partial charge in [-0.3, -0.25) is 0 Å². The van der Waals surface area contributed by atoms with Crippen molar-refractivity contribution in [2.75, 3.05) is 6.61 Å². The van der Waals surface area contributed by atoms with Gasteiger partial charge in [0.25, 0.3) is 6.43 Å². The number of carbonyl (C=O) groups is 1. The molecule has 17 heavy (non-hydrogen) atoms. The van der Waals surface area contributed by atoms with E-state index in [4.69, 9.17) is 10.5 Å². The molecule has 0 saturated heterocycles. The Morgan fingerprint density at radius 1 is 1.59 bits per heavy atom. The lowest BCUT2D eigenvalue weighted by molar-refractivity contribution is 0.0518. The Morgan fingerprint density at radius 2 is 2.24 bits per heavy atom. The van der Waals surface area contributed by atoms with E-state index in [1.807, 2.05) is 0 Å². The quantitative estimate of drug-likeness (QED) is 0.822. The number of hydrogen-bond acceptors (Lipinski definition) is 4. The maximum atomic E-state index is 12.8. The highest BCUT2D eigenvalue weighted by atomic mass is 19.3. The molecule has 0 unspecified atom stereocenters. The molecular weight excluding hydrogens is 230 g/mol. The van der Waals surface area contributed by atoms with Crippen LogP contribution < -0.4 is 5.73 Å². The molecule has 0 radical (unpaired) electrons. The Bertz CT molecular complexity index is 422. The fourth-order valence-corrected chi connectivity index (χ4v) is 1.42. The zero-order valence-corrected chi connectivity index (χ0v) is 9.67. The van der Waals surface area contributed by atoms with Gasteiger partial charge in [0.05, 0.1) is 12.3 Å². The molecule has 4 nitrogen and oxygen atoms in total. The van der Waals surface area contributed by atoms with E-state index in [1.54, 1.807) is 6.92 Å². The van der Waals surface area contributed by atoms with Gasteiger partial charge >= 0.3 is 5.97 Å². The number of pyridine rings is 1. The predicted octanol–water partition coefficient (Wildman–Crippen LogP) is 1.96. The van der Waals surface area contributed by atoms with Crippen molar-refractivity contribution in [1.82, 2.24) is 4.98 Å². The lowest BCUT2D eigenvalue weighted by Gasteiger charge is -2.11. The third-order valence-electron chi connectivity index (χ3n) is 2.33. The SMILES string of the molecule is CCOC(=O)c1cc(C(F)F)c(C)c(CN)n1. The van der Waals surface area contributed by atoms with Crippen LogP contribution in [0.1, 0.15) is 40.7 Å². The number of esters is 1. The van der Waals surface area contributed by atoms with Gasteiger partial charge in [0.15, 0.2) is 0 Å². The minimum Gasteiger partial charge on any atom is -0.461 e. The summed E-state index contributed by atoms with van der Waals surface area (Å²) in [6, 6.07) is 1.05. The largest absolute Gasteiger partial charge is 0.461 e. The van der Waals surface area contributed by atoms with Gasteiger partial charge in [0.1, 0.15) is 5.69 Å². The highest BCUT2D eigenvalue weighted by molar-refractivity contribution is 5.87. The van der Waals surface area contributed by atoms with Crippen molar-refractivity contribution >= 4 is 5.97 Å². The third-order valence-corrected chi connectivity index (χ3v) is 2.33. The van der Waals surface area contributed by atoms with Crippen molar-refractivity contribution in [3.8, 4) is 0 Å². The van der Waals surface area contributed by atoms with Crippen LogP contribution in [0.4, 0.5) is 8.78 Å². The Hall–Kier alpha value is -1.56. The Balaban J connectivity index is 3.25. The fourth-order valence-electron chi connectivity index (χ4n) is 1.42. The molecule has 0 amide bonds. The summed E-state index contributed by atoms with van der Waals surface area (Å²) in [5.74, 6) is -0.718. The molecule has 0 atom stereocenters. The molecule has 0 aliphatic carbocycles. The van der Waals surface area contributed by atoms with E-state index in [-0.39, 0.29) is 30.1 Å². The lowest BCUT2D eigenvalue weighted by atomic mass is 10.1. The van der Waals surface area contributed by atoms with Crippen LogP contribution in [-0.4, -0.2) is 17.6 Å². The van der Waals surface area contributed by atoms with Crippen molar-refractivity contribution in [3.63, 3.8) is 0 Å². The molecule has 1 heterocycles. The van der Waals surface area contributed by atoms with Gasteiger partial charge < -0.3 is 10.5 Å². The Kier molecular flexibility index (Phi) is 4.51. The van der Waals surface area contributed by atoms with Gasteiger partial charge in [0.2, 0.25) is 0 Å². The van der Waals surface area contributed by atoms with Crippen LogP contribution in [-0.2, 0) is 11.3 Å². The number of alkyl halides is 2. The van der Waals surface area contributed by atoms with E-state index in [1.165, 1.54) is 6.92 Å². The number of carbonyl (C=O) groups excluding carboxylic acids is 1. The van der Waals surface area contributed by atoms with Crippen molar-refractivity contribution in [1.29, 1.82) is 0 Å². The summed E-state index contributed by atoms with van der Waals surface area (Å²) in [5, 5.41) is 0. The van der Waals surface area contributed by atoms with Crippen molar-refractivity contribution < 1.29 is 18.3 Å². The van der Waals surface area contributed by atoms with E-state index >= 15 is 0 Å². The maximum absolute atomic E-state index is 12.8. The van der Waals surface area contributed by atoms with Gasteiger partial charge in [-0.1, -0.05) is 0 Å². The lowest BCUT2D eigenvalue weighted by Crippen LogP contribution is -2.13. The Labute approximate surface area is 97.8 Å². The zero-order chi connectivity index (χ0) is 13.0. The number of rotatable bonds is 4. The van der Waals surface area contributed by atoms with Crippen molar-refractivity contribution in [3.05, 3.63) is 28.6 Å². The standard InChI is InChI=1S/C11H14F2N2O2/c1-3-17-11(16)8-4-7(10(12)13)6(2)9(5-14)15-8/h4,10H,3,5,14H2,1-2H3. The summed E-state index contributed by atoms with van der Waals surface area (Å²) in [5.41, 5.74) is 5.64. The number of halogens is 2. The van der Waals surface area contributed by atoms with Crippen LogP contribution >= 0.6 is 0 Å². The first-order chi connectivity index (χ1) is 8.01. The van der Waals surface area contributed by atoms with E-state index in [0.29, 0.717) is 5.56 Å². The number of nitrogens with two attached hydrogens (primary N) is 1. The first kappa shape index (κ1) is 13.5. The average Bonchev–Trinajstić information content (AvgIpc) is 2.29. The molecule has 6 heteroatoms. The molecule has 1 aromatic heterocycles. The molecule has 0 aliphatic heterocycles.